The highest BCUT2D eigenvalue weighted by Gasteiger charge is 2.37. The van der Waals surface area contributed by atoms with Crippen LogP contribution < -0.4 is 0 Å². The van der Waals surface area contributed by atoms with E-state index >= 15 is 0 Å². The number of hydrogen-bond acceptors (Lipinski definition) is 2. The molecule has 0 N–H and O–H groups in total. The summed E-state index contributed by atoms with van der Waals surface area (Å²) < 4.78 is 77.3. The van der Waals surface area contributed by atoms with Gasteiger partial charge in [0.1, 0.15) is 0 Å². The van der Waals surface area contributed by atoms with Gasteiger partial charge in [-0.15, -0.1) is 0 Å². The lowest BCUT2D eigenvalue weighted by atomic mass is 10.1. The molecule has 0 atom stereocenters. The van der Waals surface area contributed by atoms with Gasteiger partial charge in [-0.1, -0.05) is 11.8 Å². The zero-order valence-corrected chi connectivity index (χ0v) is 13.7. The van der Waals surface area contributed by atoms with Gasteiger partial charge in [0.25, 0.3) is 0 Å². The number of benzene rings is 1. The SMILES string of the molecule is CSC(=Nc1cc(C(F)(F)F)cc(C(F)(F)F)c1)N1CCCCC1. The summed E-state index contributed by atoms with van der Waals surface area (Å²) >= 11 is 1.21. The van der Waals surface area contributed by atoms with Crippen molar-refractivity contribution in [1.82, 2.24) is 4.90 Å². The van der Waals surface area contributed by atoms with Gasteiger partial charge < -0.3 is 4.90 Å². The fourth-order valence-corrected chi connectivity index (χ4v) is 3.08. The first-order valence-corrected chi connectivity index (χ1v) is 8.51. The smallest absolute Gasteiger partial charge is 0.351 e. The van der Waals surface area contributed by atoms with E-state index in [0.717, 1.165) is 19.3 Å². The molecule has 0 amide bonds. The predicted molar refractivity (Wildman–Crippen MR) is 82.5 cm³/mol. The highest BCUT2D eigenvalue weighted by molar-refractivity contribution is 8.13. The fourth-order valence-electron chi connectivity index (χ4n) is 2.44. The van der Waals surface area contributed by atoms with Crippen molar-refractivity contribution in [2.45, 2.75) is 31.6 Å². The van der Waals surface area contributed by atoms with Crippen LogP contribution in [-0.2, 0) is 12.4 Å². The molecule has 1 heterocycles. The van der Waals surface area contributed by atoms with Gasteiger partial charge in [0.15, 0.2) is 5.17 Å². The molecule has 1 fully saturated rings. The lowest BCUT2D eigenvalue weighted by Gasteiger charge is -2.28. The number of likely N-dealkylation sites (tertiary alicyclic amines) is 1. The molecule has 0 aliphatic carbocycles. The molecule has 0 aromatic heterocycles. The van der Waals surface area contributed by atoms with E-state index in [9.17, 15) is 26.3 Å². The van der Waals surface area contributed by atoms with Crippen LogP contribution in [0.1, 0.15) is 30.4 Å². The van der Waals surface area contributed by atoms with Crippen molar-refractivity contribution in [3.63, 3.8) is 0 Å². The first-order chi connectivity index (χ1) is 11.1. The summed E-state index contributed by atoms with van der Waals surface area (Å²) in [5, 5.41) is 0.433. The van der Waals surface area contributed by atoms with Gasteiger partial charge >= 0.3 is 12.4 Å². The molecular formula is C15H16F6N2S. The largest absolute Gasteiger partial charge is 0.416 e. The van der Waals surface area contributed by atoms with Crippen LogP contribution in [0.2, 0.25) is 0 Å². The number of alkyl halides is 6. The highest BCUT2D eigenvalue weighted by Crippen LogP contribution is 2.38. The number of amidine groups is 1. The van der Waals surface area contributed by atoms with Gasteiger partial charge in [-0.3, -0.25) is 0 Å². The maximum atomic E-state index is 12.9. The lowest BCUT2D eigenvalue weighted by molar-refractivity contribution is -0.143. The van der Waals surface area contributed by atoms with Crippen LogP contribution in [0.4, 0.5) is 32.0 Å². The molecule has 134 valence electrons. The minimum Gasteiger partial charge on any atom is -0.351 e. The second-order valence-electron chi connectivity index (χ2n) is 5.41. The predicted octanol–water partition coefficient (Wildman–Crippen LogP) is 5.56. The molecule has 2 rings (SSSR count). The molecule has 0 unspecified atom stereocenters. The monoisotopic (exact) mass is 370 g/mol. The molecule has 1 aromatic rings. The van der Waals surface area contributed by atoms with E-state index in [2.05, 4.69) is 4.99 Å². The van der Waals surface area contributed by atoms with Gasteiger partial charge in [0.05, 0.1) is 16.8 Å². The van der Waals surface area contributed by atoms with Crippen LogP contribution in [0, 0.1) is 0 Å². The van der Waals surface area contributed by atoms with Crippen molar-refractivity contribution in [1.29, 1.82) is 0 Å². The number of rotatable bonds is 1. The molecule has 0 spiro atoms. The number of halogens is 6. The summed E-state index contributed by atoms with van der Waals surface area (Å²) in [6.07, 6.45) is -5.12. The summed E-state index contributed by atoms with van der Waals surface area (Å²) in [5.74, 6) is 0. The second kappa shape index (κ2) is 7.25. The molecule has 0 bridgehead atoms. The number of piperidine rings is 1. The minimum atomic E-state index is -4.86. The third-order valence-electron chi connectivity index (χ3n) is 3.61. The van der Waals surface area contributed by atoms with Crippen LogP contribution in [0.3, 0.4) is 0 Å². The number of thioether (sulfide) groups is 1. The molecule has 1 saturated heterocycles. The van der Waals surface area contributed by atoms with Gasteiger partial charge in [0.2, 0.25) is 0 Å². The second-order valence-corrected chi connectivity index (χ2v) is 6.18. The van der Waals surface area contributed by atoms with Gasteiger partial charge in [-0.25, -0.2) is 4.99 Å². The zero-order chi connectivity index (χ0) is 18.0. The Morgan fingerprint density at radius 2 is 1.42 bits per heavy atom. The van der Waals surface area contributed by atoms with Crippen molar-refractivity contribution >= 4 is 22.6 Å². The topological polar surface area (TPSA) is 15.6 Å². The molecule has 1 aliphatic heterocycles. The summed E-state index contributed by atoms with van der Waals surface area (Å²) in [6.45, 7) is 1.40. The van der Waals surface area contributed by atoms with E-state index in [-0.39, 0.29) is 11.8 Å². The van der Waals surface area contributed by atoms with Crippen molar-refractivity contribution in [3.8, 4) is 0 Å². The van der Waals surface area contributed by atoms with Crippen molar-refractivity contribution in [3.05, 3.63) is 29.3 Å². The average Bonchev–Trinajstić information content (AvgIpc) is 2.51. The van der Waals surface area contributed by atoms with Crippen LogP contribution in [0.5, 0.6) is 0 Å². The first-order valence-electron chi connectivity index (χ1n) is 7.28. The summed E-state index contributed by atoms with van der Waals surface area (Å²) in [6, 6.07) is 1.41. The molecule has 24 heavy (non-hydrogen) atoms. The Balaban J connectivity index is 2.45. The molecule has 1 aliphatic rings. The Kier molecular flexibility index (Phi) is 5.72. The van der Waals surface area contributed by atoms with Crippen LogP contribution in [0.15, 0.2) is 23.2 Å². The average molecular weight is 370 g/mol. The van der Waals surface area contributed by atoms with Gasteiger partial charge in [-0.2, -0.15) is 26.3 Å². The van der Waals surface area contributed by atoms with Crippen LogP contribution in [0.25, 0.3) is 0 Å². The normalized spacial score (nSPS) is 17.3. The number of aliphatic imine (C=N–C) groups is 1. The number of hydrogen-bond donors (Lipinski definition) is 0. The Hall–Kier alpha value is -1.38. The van der Waals surface area contributed by atoms with Crippen molar-refractivity contribution in [2.75, 3.05) is 19.3 Å². The van der Waals surface area contributed by atoms with E-state index < -0.39 is 23.5 Å². The van der Waals surface area contributed by atoms with Gasteiger partial charge in [0, 0.05) is 13.1 Å². The van der Waals surface area contributed by atoms with E-state index in [1.807, 2.05) is 4.90 Å². The third-order valence-corrected chi connectivity index (χ3v) is 4.32. The number of nitrogens with zero attached hydrogens (tertiary/aromatic N) is 2. The van der Waals surface area contributed by atoms with Crippen LogP contribution in [-0.4, -0.2) is 29.4 Å². The molecule has 1 aromatic carbocycles. The van der Waals surface area contributed by atoms with E-state index in [4.69, 9.17) is 0 Å². The minimum absolute atomic E-state index is 0.110. The zero-order valence-electron chi connectivity index (χ0n) is 12.8. The molecule has 0 saturated carbocycles. The summed E-state index contributed by atoms with van der Waals surface area (Å²) in [4.78, 5) is 5.95. The van der Waals surface area contributed by atoms with Crippen molar-refractivity contribution in [2.24, 2.45) is 4.99 Å². The molecule has 2 nitrogen and oxygen atoms in total. The standard InChI is InChI=1S/C15H16F6N2S/c1-24-13(23-5-3-2-4-6-23)22-12-8-10(14(16,17)18)7-11(9-12)15(19,20)21/h7-9H,2-6H2,1H3. The molecule has 0 radical (unpaired) electrons. The molecule has 9 heteroatoms. The highest BCUT2D eigenvalue weighted by atomic mass is 32.2. The van der Waals surface area contributed by atoms with Gasteiger partial charge in [-0.05, 0) is 43.7 Å². The quantitative estimate of drug-likeness (QED) is 0.365. The van der Waals surface area contributed by atoms with E-state index in [1.165, 1.54) is 11.8 Å². The summed E-state index contributed by atoms with van der Waals surface area (Å²) in [5.41, 5.74) is -3.04. The Labute approximate surface area is 139 Å². The first kappa shape index (κ1) is 19.0. The molecular weight excluding hydrogens is 354 g/mol. The summed E-state index contributed by atoms with van der Waals surface area (Å²) in [7, 11) is 0. The van der Waals surface area contributed by atoms with E-state index in [0.29, 0.717) is 30.4 Å². The Morgan fingerprint density at radius 1 is 0.917 bits per heavy atom. The van der Waals surface area contributed by atoms with E-state index in [1.54, 1.807) is 6.26 Å². The maximum absolute atomic E-state index is 12.9. The third kappa shape index (κ3) is 4.81. The fraction of sp³-hybridized carbons (Fsp3) is 0.533. The Bertz CT molecular complexity index is 571. The maximum Gasteiger partial charge on any atom is 0.416 e. The van der Waals surface area contributed by atoms with Crippen LogP contribution >= 0.6 is 11.8 Å². The van der Waals surface area contributed by atoms with Crippen molar-refractivity contribution < 1.29 is 26.3 Å². The lowest BCUT2D eigenvalue weighted by Crippen LogP contribution is -2.33. The Morgan fingerprint density at radius 3 is 1.83 bits per heavy atom.